The molecule has 0 heterocycles. The summed E-state index contributed by atoms with van der Waals surface area (Å²) >= 11 is 0. The van der Waals surface area contributed by atoms with Crippen molar-refractivity contribution in [2.24, 2.45) is 11.8 Å². The van der Waals surface area contributed by atoms with Crippen LogP contribution < -0.4 is 5.32 Å². The van der Waals surface area contributed by atoms with E-state index in [0.717, 1.165) is 23.9 Å². The highest BCUT2D eigenvalue weighted by Gasteiger charge is 2.25. The fraction of sp³-hybridized carbons (Fsp3) is 1.00. The number of hydrogen-bond donors (Lipinski definition) is 1. The van der Waals surface area contributed by atoms with E-state index in [1.165, 1.54) is 64.2 Å². The van der Waals surface area contributed by atoms with Gasteiger partial charge in [0.2, 0.25) is 0 Å². The maximum Gasteiger partial charge on any atom is 0.00698 e. The first-order valence-corrected chi connectivity index (χ1v) is 8.05. The van der Waals surface area contributed by atoms with E-state index >= 15 is 0 Å². The summed E-state index contributed by atoms with van der Waals surface area (Å²) in [4.78, 5) is 0. The van der Waals surface area contributed by atoms with Crippen molar-refractivity contribution in [2.75, 3.05) is 0 Å². The van der Waals surface area contributed by atoms with Gasteiger partial charge < -0.3 is 5.32 Å². The molecule has 1 atom stereocenters. The molecule has 0 aromatic carbocycles. The van der Waals surface area contributed by atoms with E-state index in [4.69, 9.17) is 0 Å². The summed E-state index contributed by atoms with van der Waals surface area (Å²) in [5.41, 5.74) is 0. The van der Waals surface area contributed by atoms with Gasteiger partial charge in [0.25, 0.3) is 0 Å². The second-order valence-corrected chi connectivity index (χ2v) is 6.48. The highest BCUT2D eigenvalue weighted by molar-refractivity contribution is 4.82. The third-order valence-electron chi connectivity index (χ3n) is 5.28. The molecule has 0 aromatic rings. The minimum Gasteiger partial charge on any atom is -0.311 e. The Kier molecular flexibility index (Phi) is 5.34. The first kappa shape index (κ1) is 13.4. The second-order valence-electron chi connectivity index (χ2n) is 6.48. The average Bonchev–Trinajstić information content (AvgIpc) is 2.40. The average molecular weight is 237 g/mol. The van der Waals surface area contributed by atoms with E-state index in [-0.39, 0.29) is 0 Å². The Morgan fingerprint density at radius 1 is 0.941 bits per heavy atom. The zero-order chi connectivity index (χ0) is 12.1. The van der Waals surface area contributed by atoms with Crippen molar-refractivity contribution in [3.05, 3.63) is 0 Å². The van der Waals surface area contributed by atoms with Gasteiger partial charge in [0.05, 0.1) is 0 Å². The molecule has 0 bridgehead atoms. The third-order valence-corrected chi connectivity index (χ3v) is 5.28. The molecular formula is C16H31N. The lowest BCUT2D eigenvalue weighted by molar-refractivity contribution is 0.222. The van der Waals surface area contributed by atoms with Gasteiger partial charge in [-0.05, 0) is 57.3 Å². The highest BCUT2D eigenvalue weighted by Crippen LogP contribution is 2.30. The number of hydrogen-bond acceptors (Lipinski definition) is 1. The van der Waals surface area contributed by atoms with E-state index < -0.39 is 0 Å². The lowest BCUT2D eigenvalue weighted by atomic mass is 9.81. The molecule has 1 N–H and O–H groups in total. The van der Waals surface area contributed by atoms with E-state index in [0.29, 0.717) is 0 Å². The number of nitrogens with one attached hydrogen (secondary N) is 1. The molecule has 2 fully saturated rings. The monoisotopic (exact) mass is 237 g/mol. The molecule has 2 rings (SSSR count). The van der Waals surface area contributed by atoms with Crippen LogP contribution in [0.3, 0.4) is 0 Å². The molecule has 0 unspecified atom stereocenters. The van der Waals surface area contributed by atoms with Crippen LogP contribution in [-0.2, 0) is 0 Å². The first-order chi connectivity index (χ1) is 8.29. The molecule has 1 heteroatoms. The van der Waals surface area contributed by atoms with Crippen molar-refractivity contribution in [1.82, 2.24) is 5.32 Å². The Labute approximate surface area is 108 Å². The molecule has 17 heavy (non-hydrogen) atoms. The van der Waals surface area contributed by atoms with Crippen molar-refractivity contribution >= 4 is 0 Å². The van der Waals surface area contributed by atoms with Gasteiger partial charge in [-0.3, -0.25) is 0 Å². The standard InChI is InChI=1S/C16H31N/c1-3-14-9-11-16(12-10-14)17-13(2)15-7-5-4-6-8-15/h13-17H,3-12H2,1-2H3/t13-,14?,16?/m0/s1. The molecule has 0 aliphatic heterocycles. The van der Waals surface area contributed by atoms with Crippen LogP contribution in [0.4, 0.5) is 0 Å². The van der Waals surface area contributed by atoms with Gasteiger partial charge in [0.15, 0.2) is 0 Å². The van der Waals surface area contributed by atoms with Gasteiger partial charge in [-0.25, -0.2) is 0 Å². The van der Waals surface area contributed by atoms with E-state index in [2.05, 4.69) is 19.2 Å². The van der Waals surface area contributed by atoms with Crippen LogP contribution in [0.1, 0.15) is 78.1 Å². The van der Waals surface area contributed by atoms with Crippen LogP contribution in [0.5, 0.6) is 0 Å². The van der Waals surface area contributed by atoms with Crippen LogP contribution in [0.15, 0.2) is 0 Å². The van der Waals surface area contributed by atoms with Gasteiger partial charge in [-0.1, -0.05) is 32.6 Å². The SMILES string of the molecule is CCC1CCC(N[C@@H](C)C2CCCCC2)CC1. The Bertz CT molecular complexity index is 200. The molecule has 1 nitrogen and oxygen atoms in total. The molecule has 2 saturated carbocycles. The fourth-order valence-electron chi connectivity index (χ4n) is 3.88. The maximum absolute atomic E-state index is 3.93. The summed E-state index contributed by atoms with van der Waals surface area (Å²) in [5, 5.41) is 3.93. The normalized spacial score (nSPS) is 33.5. The predicted octanol–water partition coefficient (Wildman–Crippen LogP) is 4.51. The maximum atomic E-state index is 3.93. The van der Waals surface area contributed by atoms with Crippen LogP contribution in [0.25, 0.3) is 0 Å². The Hall–Kier alpha value is -0.0400. The quantitative estimate of drug-likeness (QED) is 0.758. The molecule has 2 aliphatic rings. The van der Waals surface area contributed by atoms with Gasteiger partial charge in [0.1, 0.15) is 0 Å². The number of rotatable bonds is 4. The Morgan fingerprint density at radius 3 is 2.18 bits per heavy atom. The lowest BCUT2D eigenvalue weighted by Crippen LogP contribution is -2.43. The molecule has 0 saturated heterocycles. The topological polar surface area (TPSA) is 12.0 Å². The summed E-state index contributed by atoms with van der Waals surface area (Å²) in [7, 11) is 0. The Balaban J connectivity index is 1.69. The third kappa shape index (κ3) is 3.98. The van der Waals surface area contributed by atoms with Crippen LogP contribution in [0, 0.1) is 11.8 Å². The van der Waals surface area contributed by atoms with E-state index in [1.54, 1.807) is 0 Å². The molecule has 0 radical (unpaired) electrons. The zero-order valence-corrected chi connectivity index (χ0v) is 11.9. The zero-order valence-electron chi connectivity index (χ0n) is 11.9. The van der Waals surface area contributed by atoms with Gasteiger partial charge in [0, 0.05) is 12.1 Å². The first-order valence-electron chi connectivity index (χ1n) is 8.05. The summed E-state index contributed by atoms with van der Waals surface area (Å²) in [6.45, 7) is 4.78. The van der Waals surface area contributed by atoms with Crippen molar-refractivity contribution in [3.8, 4) is 0 Å². The fourth-order valence-corrected chi connectivity index (χ4v) is 3.88. The van der Waals surface area contributed by atoms with Crippen molar-refractivity contribution < 1.29 is 0 Å². The van der Waals surface area contributed by atoms with E-state index in [1.807, 2.05) is 0 Å². The summed E-state index contributed by atoms with van der Waals surface area (Å²) in [5.74, 6) is 1.99. The van der Waals surface area contributed by atoms with Crippen LogP contribution >= 0.6 is 0 Å². The van der Waals surface area contributed by atoms with Gasteiger partial charge in [-0.2, -0.15) is 0 Å². The smallest absolute Gasteiger partial charge is 0.00698 e. The summed E-state index contributed by atoms with van der Waals surface area (Å²) < 4.78 is 0. The van der Waals surface area contributed by atoms with Crippen LogP contribution in [0.2, 0.25) is 0 Å². The van der Waals surface area contributed by atoms with Gasteiger partial charge in [-0.15, -0.1) is 0 Å². The Morgan fingerprint density at radius 2 is 1.59 bits per heavy atom. The molecule has 0 aromatic heterocycles. The largest absolute Gasteiger partial charge is 0.311 e. The molecule has 0 amide bonds. The minimum absolute atomic E-state index is 0.762. The van der Waals surface area contributed by atoms with Crippen molar-refractivity contribution in [2.45, 2.75) is 90.1 Å². The summed E-state index contributed by atoms with van der Waals surface area (Å²) in [6.07, 6.45) is 14.5. The van der Waals surface area contributed by atoms with Crippen molar-refractivity contribution in [3.63, 3.8) is 0 Å². The van der Waals surface area contributed by atoms with Crippen molar-refractivity contribution in [1.29, 1.82) is 0 Å². The minimum atomic E-state index is 0.762. The molecular weight excluding hydrogens is 206 g/mol. The highest BCUT2D eigenvalue weighted by atomic mass is 15.0. The summed E-state index contributed by atoms with van der Waals surface area (Å²) in [6, 6.07) is 1.59. The molecule has 100 valence electrons. The van der Waals surface area contributed by atoms with E-state index in [9.17, 15) is 0 Å². The lowest BCUT2D eigenvalue weighted by Gasteiger charge is -2.35. The van der Waals surface area contributed by atoms with Crippen LogP contribution in [-0.4, -0.2) is 12.1 Å². The molecule has 0 spiro atoms. The van der Waals surface area contributed by atoms with Gasteiger partial charge >= 0.3 is 0 Å². The second kappa shape index (κ2) is 6.78. The molecule has 2 aliphatic carbocycles. The predicted molar refractivity (Wildman–Crippen MR) is 75.2 cm³/mol.